The highest BCUT2D eigenvalue weighted by atomic mass is 35.5. The van der Waals surface area contributed by atoms with Gasteiger partial charge in [-0.1, -0.05) is 80.9 Å². The fourth-order valence-corrected chi connectivity index (χ4v) is 5.45. The van der Waals surface area contributed by atoms with Crippen LogP contribution in [0.5, 0.6) is 0 Å². The van der Waals surface area contributed by atoms with Crippen LogP contribution in [0.2, 0.25) is 5.02 Å². The molecule has 0 fully saturated rings. The number of hydrogen-bond donors (Lipinski definition) is 3. The molecule has 0 aliphatic carbocycles. The first-order valence-electron chi connectivity index (χ1n) is 15.3. The van der Waals surface area contributed by atoms with Crippen molar-refractivity contribution in [2.75, 3.05) is 17.6 Å². The fraction of sp³-hybridized carbons (Fsp3) is 0.216. The van der Waals surface area contributed by atoms with E-state index >= 15 is 0 Å². The maximum atomic E-state index is 13.8. The zero-order chi connectivity index (χ0) is 34.5. The standard InChI is InChI=1S/C37H36ClN3O6S/c1-37(2,3)19-18-24-4-8-26(9-5-24)31(22-25-6-10-27(11-7-25)34(42)39-20-21-48(44,45)46)35(43)40-30-15-12-28(13-16-30)36-41-32-23-29(38)14-17-33(32)47-36/h4-19,23,31H,20-22H2,1-3H3,(H,39,42)(H,40,43)(H,44,45,46)/b19-18+. The van der Waals surface area contributed by atoms with Crippen LogP contribution < -0.4 is 10.6 Å². The number of carbonyl (C=O) groups is 2. The lowest BCUT2D eigenvalue weighted by Gasteiger charge is -2.18. The Morgan fingerprint density at radius 1 is 0.958 bits per heavy atom. The Bertz CT molecular complexity index is 2050. The largest absolute Gasteiger partial charge is 0.436 e. The van der Waals surface area contributed by atoms with E-state index in [0.717, 1.165) is 22.3 Å². The fourth-order valence-electron chi connectivity index (χ4n) is 4.92. The molecule has 9 nitrogen and oxygen atoms in total. The molecule has 2 amide bonds. The van der Waals surface area contributed by atoms with Gasteiger partial charge >= 0.3 is 0 Å². The van der Waals surface area contributed by atoms with E-state index in [0.29, 0.717) is 39.7 Å². The molecule has 0 aliphatic rings. The summed E-state index contributed by atoms with van der Waals surface area (Å²) in [7, 11) is -4.18. The lowest BCUT2D eigenvalue weighted by Crippen LogP contribution is -2.28. The number of aromatic nitrogens is 1. The van der Waals surface area contributed by atoms with Gasteiger partial charge in [0.2, 0.25) is 11.8 Å². The number of hydrogen-bond acceptors (Lipinski definition) is 6. The van der Waals surface area contributed by atoms with Crippen LogP contribution in [-0.2, 0) is 21.3 Å². The average Bonchev–Trinajstić information content (AvgIpc) is 3.46. The van der Waals surface area contributed by atoms with Crippen LogP contribution in [0, 0.1) is 5.41 Å². The highest BCUT2D eigenvalue weighted by molar-refractivity contribution is 7.85. The van der Waals surface area contributed by atoms with Crippen LogP contribution in [0.4, 0.5) is 5.69 Å². The third-order valence-corrected chi connectivity index (χ3v) is 8.44. The maximum Gasteiger partial charge on any atom is 0.266 e. The first-order chi connectivity index (χ1) is 22.7. The van der Waals surface area contributed by atoms with Gasteiger partial charge in [-0.3, -0.25) is 14.1 Å². The van der Waals surface area contributed by atoms with Gasteiger partial charge in [0, 0.05) is 28.4 Å². The second-order valence-corrected chi connectivity index (χ2v) is 14.6. The molecule has 5 aromatic rings. The summed E-state index contributed by atoms with van der Waals surface area (Å²) in [5.74, 6) is -1.36. The topological polar surface area (TPSA) is 139 Å². The Labute approximate surface area is 284 Å². The Morgan fingerprint density at radius 3 is 2.29 bits per heavy atom. The van der Waals surface area contributed by atoms with Crippen molar-refractivity contribution in [3.05, 3.63) is 124 Å². The van der Waals surface area contributed by atoms with Gasteiger partial charge in [0.1, 0.15) is 5.52 Å². The number of benzene rings is 4. The van der Waals surface area contributed by atoms with E-state index in [2.05, 4.69) is 48.5 Å². The molecule has 4 aromatic carbocycles. The second kappa shape index (κ2) is 14.6. The number of halogens is 1. The van der Waals surface area contributed by atoms with E-state index in [1.165, 1.54) is 0 Å². The van der Waals surface area contributed by atoms with Crippen molar-refractivity contribution in [3.8, 4) is 11.5 Å². The van der Waals surface area contributed by atoms with Crippen molar-refractivity contribution < 1.29 is 27.0 Å². The van der Waals surface area contributed by atoms with Crippen LogP contribution in [-0.4, -0.2) is 42.1 Å². The minimum atomic E-state index is -4.18. The average molecular weight is 686 g/mol. The SMILES string of the molecule is CC(C)(C)/C=C/c1ccc(C(Cc2ccc(C(=O)NCCS(=O)(=O)O)cc2)C(=O)Nc2ccc(-c3nc4cc(Cl)ccc4o3)cc2)cc1. The van der Waals surface area contributed by atoms with Crippen molar-refractivity contribution in [2.24, 2.45) is 5.41 Å². The molecule has 1 aromatic heterocycles. The number of oxazole rings is 1. The minimum absolute atomic E-state index is 0.0322. The van der Waals surface area contributed by atoms with Crippen molar-refractivity contribution in [1.29, 1.82) is 0 Å². The van der Waals surface area contributed by atoms with Gasteiger partial charge in [-0.05, 0) is 83.1 Å². The molecule has 3 N–H and O–H groups in total. The monoisotopic (exact) mass is 685 g/mol. The number of amides is 2. The molecule has 0 radical (unpaired) electrons. The summed E-state index contributed by atoms with van der Waals surface area (Å²) in [5.41, 5.74) is 5.67. The van der Waals surface area contributed by atoms with Gasteiger partial charge in [-0.2, -0.15) is 8.42 Å². The third kappa shape index (κ3) is 9.63. The summed E-state index contributed by atoms with van der Waals surface area (Å²) < 4.78 is 36.7. The van der Waals surface area contributed by atoms with E-state index in [-0.39, 0.29) is 17.9 Å². The van der Waals surface area contributed by atoms with Crippen LogP contribution in [0.1, 0.15) is 53.7 Å². The minimum Gasteiger partial charge on any atom is -0.436 e. The van der Waals surface area contributed by atoms with Gasteiger partial charge < -0.3 is 15.1 Å². The Morgan fingerprint density at radius 2 is 1.65 bits per heavy atom. The summed E-state index contributed by atoms with van der Waals surface area (Å²) in [6.45, 7) is 6.17. The summed E-state index contributed by atoms with van der Waals surface area (Å²) >= 11 is 6.09. The molecule has 0 spiro atoms. The molecule has 0 saturated carbocycles. The van der Waals surface area contributed by atoms with Crippen molar-refractivity contribution in [1.82, 2.24) is 10.3 Å². The number of allylic oxidation sites excluding steroid dienone is 1. The Kier molecular flexibility index (Phi) is 10.5. The van der Waals surface area contributed by atoms with Crippen molar-refractivity contribution >= 4 is 56.4 Å². The summed E-state index contributed by atoms with van der Waals surface area (Å²) in [5, 5.41) is 6.09. The molecule has 0 saturated heterocycles. The Hall–Kier alpha value is -4.77. The number of rotatable bonds is 11. The molecular weight excluding hydrogens is 650 g/mol. The third-order valence-electron chi connectivity index (χ3n) is 7.48. The first-order valence-corrected chi connectivity index (χ1v) is 17.3. The second-order valence-electron chi connectivity index (χ2n) is 12.6. The van der Waals surface area contributed by atoms with E-state index in [1.807, 2.05) is 36.4 Å². The molecule has 248 valence electrons. The lowest BCUT2D eigenvalue weighted by atomic mass is 9.89. The Balaban J connectivity index is 1.33. The molecular formula is C37H36ClN3O6S. The molecule has 0 bridgehead atoms. The van der Waals surface area contributed by atoms with Gasteiger partial charge in [0.15, 0.2) is 5.58 Å². The predicted molar refractivity (Wildman–Crippen MR) is 190 cm³/mol. The van der Waals surface area contributed by atoms with Crippen molar-refractivity contribution in [3.63, 3.8) is 0 Å². The molecule has 11 heteroatoms. The number of fused-ring (bicyclic) bond motifs is 1. The first kappa shape index (κ1) is 34.6. The molecule has 0 aliphatic heterocycles. The smallest absolute Gasteiger partial charge is 0.266 e. The van der Waals surface area contributed by atoms with Crippen molar-refractivity contribution in [2.45, 2.75) is 33.1 Å². The van der Waals surface area contributed by atoms with Gasteiger partial charge in [-0.15, -0.1) is 0 Å². The normalized spacial score (nSPS) is 12.7. The molecule has 1 atom stereocenters. The van der Waals surface area contributed by atoms with Crippen LogP contribution in [0.25, 0.3) is 28.6 Å². The molecule has 48 heavy (non-hydrogen) atoms. The lowest BCUT2D eigenvalue weighted by molar-refractivity contribution is -0.117. The van der Waals surface area contributed by atoms with Crippen LogP contribution >= 0.6 is 11.6 Å². The van der Waals surface area contributed by atoms with Crippen LogP contribution in [0.15, 0.2) is 101 Å². The van der Waals surface area contributed by atoms with Gasteiger partial charge in [0.25, 0.3) is 16.0 Å². The quantitative estimate of drug-likeness (QED) is 0.121. The van der Waals surface area contributed by atoms with E-state index < -0.39 is 27.7 Å². The zero-order valence-electron chi connectivity index (χ0n) is 26.7. The highest BCUT2D eigenvalue weighted by Gasteiger charge is 2.22. The molecule has 1 unspecified atom stereocenters. The zero-order valence-corrected chi connectivity index (χ0v) is 28.3. The highest BCUT2D eigenvalue weighted by Crippen LogP contribution is 2.29. The number of anilines is 1. The summed E-state index contributed by atoms with van der Waals surface area (Å²) in [4.78, 5) is 30.8. The number of nitrogens with zero attached hydrogens (tertiary/aromatic N) is 1. The predicted octanol–water partition coefficient (Wildman–Crippen LogP) is 7.79. The molecule has 1 heterocycles. The summed E-state index contributed by atoms with van der Waals surface area (Å²) in [6.07, 6.45) is 4.55. The van der Waals surface area contributed by atoms with Crippen LogP contribution in [0.3, 0.4) is 0 Å². The molecule has 5 rings (SSSR count). The maximum absolute atomic E-state index is 13.8. The van der Waals surface area contributed by atoms with Gasteiger partial charge in [-0.25, -0.2) is 4.98 Å². The number of carbonyl (C=O) groups excluding carboxylic acids is 2. The van der Waals surface area contributed by atoms with E-state index in [4.69, 9.17) is 20.6 Å². The van der Waals surface area contributed by atoms with E-state index in [9.17, 15) is 18.0 Å². The number of nitrogens with one attached hydrogen (secondary N) is 2. The summed E-state index contributed by atoms with van der Waals surface area (Å²) in [6, 6.07) is 27.1. The van der Waals surface area contributed by atoms with Gasteiger partial charge in [0.05, 0.1) is 11.7 Å². The van der Waals surface area contributed by atoms with E-state index in [1.54, 1.807) is 54.6 Å².